The van der Waals surface area contributed by atoms with Crippen LogP contribution in [0.1, 0.15) is 5.56 Å². The molecule has 0 aliphatic carbocycles. The molecule has 0 unspecified atom stereocenters. The van der Waals surface area contributed by atoms with E-state index in [1.54, 1.807) is 0 Å². The summed E-state index contributed by atoms with van der Waals surface area (Å²) in [5, 5.41) is 10.3. The van der Waals surface area contributed by atoms with Gasteiger partial charge in [-0.3, -0.25) is 10.1 Å². The molecule has 0 heterocycles. The number of nitro groups is 1. The van der Waals surface area contributed by atoms with Crippen LogP contribution in [0.25, 0.3) is 0 Å². The molecule has 1 aromatic rings. The number of rotatable bonds is 3. The fourth-order valence-corrected chi connectivity index (χ4v) is 1.02. The first-order chi connectivity index (χ1) is 6.91. The van der Waals surface area contributed by atoms with Crippen LogP contribution in [0.3, 0.4) is 0 Å². The molecule has 0 saturated carbocycles. The number of ether oxygens (including phenoxy) is 1. The van der Waals surface area contributed by atoms with Crippen molar-refractivity contribution in [2.24, 2.45) is 0 Å². The molecule has 0 N–H and O–H groups in total. The molecule has 0 fully saturated rings. The Labute approximate surface area is 82.4 Å². The smallest absolute Gasteiger partial charge is 0.387 e. The zero-order chi connectivity index (χ0) is 11.6. The summed E-state index contributed by atoms with van der Waals surface area (Å²) in [5.41, 5.74) is -1.01. The minimum absolute atomic E-state index is 0.125. The fourth-order valence-electron chi connectivity index (χ4n) is 1.02. The maximum atomic E-state index is 13.1. The highest BCUT2D eigenvalue weighted by atomic mass is 19.3. The largest absolute Gasteiger partial charge is 0.435 e. The van der Waals surface area contributed by atoms with Crippen LogP contribution < -0.4 is 4.74 Å². The van der Waals surface area contributed by atoms with Gasteiger partial charge in [-0.15, -0.1) is 0 Å². The second-order valence-corrected chi connectivity index (χ2v) is 2.71. The van der Waals surface area contributed by atoms with E-state index in [0.29, 0.717) is 6.07 Å². The third-order valence-electron chi connectivity index (χ3n) is 1.63. The van der Waals surface area contributed by atoms with E-state index in [2.05, 4.69) is 4.74 Å². The van der Waals surface area contributed by atoms with Crippen molar-refractivity contribution in [3.8, 4) is 5.75 Å². The molecule has 0 aromatic heterocycles. The lowest BCUT2D eigenvalue weighted by Gasteiger charge is -2.05. The van der Waals surface area contributed by atoms with E-state index in [4.69, 9.17) is 0 Å². The second kappa shape index (κ2) is 4.16. The number of hydrogen-bond acceptors (Lipinski definition) is 3. The molecule has 4 nitrogen and oxygen atoms in total. The van der Waals surface area contributed by atoms with Crippen molar-refractivity contribution in [3.05, 3.63) is 33.6 Å². The highest BCUT2D eigenvalue weighted by Crippen LogP contribution is 2.27. The van der Waals surface area contributed by atoms with Gasteiger partial charge >= 0.3 is 12.3 Å². The van der Waals surface area contributed by atoms with Crippen LogP contribution in [0, 0.1) is 22.9 Å². The van der Waals surface area contributed by atoms with Crippen LogP contribution in [0.4, 0.5) is 18.9 Å². The minimum Gasteiger partial charge on any atom is -0.435 e. The predicted molar refractivity (Wildman–Crippen MR) is 44.4 cm³/mol. The van der Waals surface area contributed by atoms with Crippen molar-refractivity contribution in [2.75, 3.05) is 0 Å². The Morgan fingerprint density at radius 3 is 2.53 bits per heavy atom. The first-order valence-electron chi connectivity index (χ1n) is 3.81. The van der Waals surface area contributed by atoms with Crippen molar-refractivity contribution in [3.63, 3.8) is 0 Å². The highest BCUT2D eigenvalue weighted by Gasteiger charge is 2.19. The van der Waals surface area contributed by atoms with Crippen LogP contribution in [-0.2, 0) is 0 Å². The fraction of sp³-hybridized carbons (Fsp3) is 0.250. The van der Waals surface area contributed by atoms with E-state index < -0.39 is 28.8 Å². The zero-order valence-corrected chi connectivity index (χ0v) is 7.54. The summed E-state index contributed by atoms with van der Waals surface area (Å²) in [6.07, 6.45) is 0. The molecule has 1 aromatic carbocycles. The number of hydrogen-bond donors (Lipinski definition) is 0. The Hall–Kier alpha value is -1.79. The molecule has 0 spiro atoms. The average Bonchev–Trinajstić information content (AvgIpc) is 2.09. The van der Waals surface area contributed by atoms with Gasteiger partial charge < -0.3 is 4.74 Å². The second-order valence-electron chi connectivity index (χ2n) is 2.71. The molecular formula is C8H6F3NO3. The van der Waals surface area contributed by atoms with Gasteiger partial charge in [-0.2, -0.15) is 13.2 Å². The summed E-state index contributed by atoms with van der Waals surface area (Å²) in [7, 11) is 0. The third-order valence-corrected chi connectivity index (χ3v) is 1.63. The van der Waals surface area contributed by atoms with Gasteiger partial charge in [0.05, 0.1) is 11.0 Å². The van der Waals surface area contributed by atoms with Gasteiger partial charge in [0.2, 0.25) is 5.82 Å². The normalized spacial score (nSPS) is 10.5. The van der Waals surface area contributed by atoms with E-state index in [1.165, 1.54) is 6.92 Å². The summed E-state index contributed by atoms with van der Waals surface area (Å²) >= 11 is 0. The number of aryl methyl sites for hydroxylation is 1. The van der Waals surface area contributed by atoms with Crippen LogP contribution in [0.2, 0.25) is 0 Å². The Bertz CT molecular complexity index is 395. The Morgan fingerprint density at radius 2 is 2.07 bits per heavy atom. The number of alkyl halides is 2. The lowest BCUT2D eigenvalue weighted by molar-refractivity contribution is -0.387. The Morgan fingerprint density at radius 1 is 1.47 bits per heavy atom. The van der Waals surface area contributed by atoms with Crippen molar-refractivity contribution in [1.29, 1.82) is 0 Å². The topological polar surface area (TPSA) is 52.4 Å². The van der Waals surface area contributed by atoms with Crippen LogP contribution in [0.15, 0.2) is 12.1 Å². The molecule has 0 radical (unpaired) electrons. The van der Waals surface area contributed by atoms with Gasteiger partial charge in [-0.1, -0.05) is 0 Å². The number of benzene rings is 1. The zero-order valence-electron chi connectivity index (χ0n) is 7.54. The van der Waals surface area contributed by atoms with Crippen molar-refractivity contribution >= 4 is 5.69 Å². The van der Waals surface area contributed by atoms with Gasteiger partial charge in [0.25, 0.3) is 0 Å². The number of nitro benzene ring substituents is 1. The Balaban J connectivity index is 3.17. The monoisotopic (exact) mass is 221 g/mol. The standard InChI is InChI=1S/C8H6F3NO3/c1-4-2-5(15-8(10)11)3-6(7(4)9)12(13)14/h2-3,8H,1H3. The van der Waals surface area contributed by atoms with Crippen LogP contribution in [0.5, 0.6) is 5.75 Å². The van der Waals surface area contributed by atoms with E-state index in [0.717, 1.165) is 6.07 Å². The van der Waals surface area contributed by atoms with Crippen molar-refractivity contribution in [2.45, 2.75) is 13.5 Å². The van der Waals surface area contributed by atoms with E-state index in [1.807, 2.05) is 0 Å². The number of nitrogens with zero attached hydrogens (tertiary/aromatic N) is 1. The van der Waals surface area contributed by atoms with E-state index in [9.17, 15) is 23.3 Å². The molecule has 0 aliphatic rings. The Kier molecular flexibility index (Phi) is 3.13. The van der Waals surface area contributed by atoms with E-state index in [-0.39, 0.29) is 5.56 Å². The molecule has 0 atom stereocenters. The average molecular weight is 221 g/mol. The third kappa shape index (κ3) is 2.58. The molecule has 0 saturated heterocycles. The van der Waals surface area contributed by atoms with Gasteiger partial charge in [0.1, 0.15) is 5.75 Å². The first-order valence-corrected chi connectivity index (χ1v) is 3.81. The predicted octanol–water partition coefficient (Wildman–Crippen LogP) is 2.64. The molecule has 15 heavy (non-hydrogen) atoms. The van der Waals surface area contributed by atoms with Crippen molar-refractivity contribution in [1.82, 2.24) is 0 Å². The maximum absolute atomic E-state index is 13.1. The summed E-state index contributed by atoms with van der Waals surface area (Å²) in [6.45, 7) is -1.88. The SMILES string of the molecule is Cc1cc(OC(F)F)cc([N+](=O)[O-])c1F. The maximum Gasteiger partial charge on any atom is 0.387 e. The lowest BCUT2D eigenvalue weighted by atomic mass is 10.2. The first kappa shape index (κ1) is 11.3. The number of halogens is 3. The minimum atomic E-state index is -3.10. The molecule has 0 amide bonds. The van der Waals surface area contributed by atoms with Crippen LogP contribution in [-0.4, -0.2) is 11.5 Å². The molecule has 0 aliphatic heterocycles. The van der Waals surface area contributed by atoms with Gasteiger partial charge in [0.15, 0.2) is 0 Å². The summed E-state index contributed by atoms with van der Waals surface area (Å²) < 4.78 is 40.6. The van der Waals surface area contributed by atoms with Crippen LogP contribution >= 0.6 is 0 Å². The molecule has 1 rings (SSSR count). The molecular weight excluding hydrogens is 215 g/mol. The molecule has 0 bridgehead atoms. The van der Waals surface area contributed by atoms with Crippen molar-refractivity contribution < 1.29 is 22.8 Å². The van der Waals surface area contributed by atoms with Gasteiger partial charge in [-0.05, 0) is 18.6 Å². The quantitative estimate of drug-likeness (QED) is 0.582. The highest BCUT2D eigenvalue weighted by molar-refractivity contribution is 5.44. The molecule has 7 heteroatoms. The summed E-state index contributed by atoms with van der Waals surface area (Å²) in [6, 6.07) is 1.59. The summed E-state index contributed by atoms with van der Waals surface area (Å²) in [5.74, 6) is -1.49. The van der Waals surface area contributed by atoms with Gasteiger partial charge in [0, 0.05) is 0 Å². The summed E-state index contributed by atoms with van der Waals surface area (Å²) in [4.78, 5) is 9.34. The van der Waals surface area contributed by atoms with Gasteiger partial charge in [-0.25, -0.2) is 0 Å². The lowest BCUT2D eigenvalue weighted by Crippen LogP contribution is -2.04. The molecule has 82 valence electrons. The van der Waals surface area contributed by atoms with E-state index >= 15 is 0 Å².